The first-order chi connectivity index (χ1) is 18.3. The van der Waals surface area contributed by atoms with Crippen LogP contribution in [0, 0.1) is 0 Å². The SMILES string of the molecule is O=C(NCc1ccc(C(=O)ON2C(=O)CCC2=O)cc1S(=O)O)OCC1c2ccccc2-c2ccccc21. The van der Waals surface area contributed by atoms with Gasteiger partial charge in [-0.1, -0.05) is 54.6 Å². The number of rotatable bonds is 7. The summed E-state index contributed by atoms with van der Waals surface area (Å²) in [5.41, 5.74) is 4.47. The average molecular weight is 535 g/mol. The predicted molar refractivity (Wildman–Crippen MR) is 134 cm³/mol. The highest BCUT2D eigenvalue weighted by molar-refractivity contribution is 7.79. The van der Waals surface area contributed by atoms with E-state index in [9.17, 15) is 27.9 Å². The minimum absolute atomic E-state index is 0.0570. The van der Waals surface area contributed by atoms with E-state index in [0.717, 1.165) is 28.3 Å². The molecule has 3 aromatic carbocycles. The third-order valence-corrected chi connectivity index (χ3v) is 7.19. The number of carbonyl (C=O) groups excluding carboxylic acids is 4. The normalized spacial score (nSPS) is 15.1. The Hall–Kier alpha value is -4.35. The summed E-state index contributed by atoms with van der Waals surface area (Å²) in [5.74, 6) is -2.43. The molecular formula is C27H22N2O8S. The summed E-state index contributed by atoms with van der Waals surface area (Å²) in [7, 11) is 0. The number of fused-ring (bicyclic) bond motifs is 3. The minimum Gasteiger partial charge on any atom is -0.449 e. The van der Waals surface area contributed by atoms with Crippen LogP contribution in [0.4, 0.5) is 4.79 Å². The van der Waals surface area contributed by atoms with Crippen LogP contribution in [0.2, 0.25) is 0 Å². The highest BCUT2D eigenvalue weighted by atomic mass is 32.2. The van der Waals surface area contributed by atoms with E-state index >= 15 is 0 Å². The van der Waals surface area contributed by atoms with E-state index in [1.54, 1.807) is 0 Å². The minimum atomic E-state index is -2.50. The van der Waals surface area contributed by atoms with E-state index in [4.69, 9.17) is 9.57 Å². The second-order valence-corrected chi connectivity index (χ2v) is 9.65. The number of amides is 3. The maximum absolute atomic E-state index is 12.5. The first kappa shape index (κ1) is 25.3. The van der Waals surface area contributed by atoms with Crippen molar-refractivity contribution >= 4 is 35.0 Å². The molecule has 1 heterocycles. The highest BCUT2D eigenvalue weighted by Crippen LogP contribution is 2.44. The lowest BCUT2D eigenvalue weighted by Crippen LogP contribution is -2.32. The molecule has 2 aliphatic rings. The summed E-state index contributed by atoms with van der Waals surface area (Å²) >= 11 is -2.50. The van der Waals surface area contributed by atoms with E-state index in [1.165, 1.54) is 12.1 Å². The number of hydrogen-bond donors (Lipinski definition) is 2. The number of alkyl carbamates (subject to hydrolysis) is 1. The van der Waals surface area contributed by atoms with Crippen molar-refractivity contribution in [2.24, 2.45) is 0 Å². The molecule has 2 N–H and O–H groups in total. The van der Waals surface area contributed by atoms with Crippen LogP contribution in [-0.4, -0.2) is 44.3 Å². The molecule has 10 nitrogen and oxygen atoms in total. The van der Waals surface area contributed by atoms with Crippen LogP contribution in [0.1, 0.15) is 45.8 Å². The fourth-order valence-corrected chi connectivity index (χ4v) is 5.19. The third-order valence-electron chi connectivity index (χ3n) is 6.44. The van der Waals surface area contributed by atoms with Gasteiger partial charge in [-0.2, -0.15) is 0 Å². The molecule has 1 saturated heterocycles. The molecule has 0 aromatic heterocycles. The summed E-state index contributed by atoms with van der Waals surface area (Å²) in [4.78, 5) is 52.9. The van der Waals surface area contributed by atoms with Crippen molar-refractivity contribution in [1.29, 1.82) is 0 Å². The number of benzene rings is 3. The lowest BCUT2D eigenvalue weighted by molar-refractivity contribution is -0.172. The van der Waals surface area contributed by atoms with E-state index in [-0.39, 0.29) is 47.9 Å². The number of nitrogens with one attached hydrogen (secondary N) is 1. The van der Waals surface area contributed by atoms with Gasteiger partial charge in [-0.3, -0.25) is 9.59 Å². The van der Waals surface area contributed by atoms with Crippen LogP contribution in [0.5, 0.6) is 0 Å². The van der Waals surface area contributed by atoms with Gasteiger partial charge in [0, 0.05) is 25.3 Å². The van der Waals surface area contributed by atoms with Crippen molar-refractivity contribution in [3.05, 3.63) is 89.0 Å². The lowest BCUT2D eigenvalue weighted by atomic mass is 9.98. The molecule has 38 heavy (non-hydrogen) atoms. The van der Waals surface area contributed by atoms with Gasteiger partial charge in [-0.05, 0) is 39.9 Å². The zero-order chi connectivity index (χ0) is 26.8. The van der Waals surface area contributed by atoms with Gasteiger partial charge in [0.25, 0.3) is 11.8 Å². The summed E-state index contributed by atoms with van der Waals surface area (Å²) in [6.07, 6.45) is -0.826. The van der Waals surface area contributed by atoms with Crippen LogP contribution in [0.3, 0.4) is 0 Å². The molecule has 0 radical (unpaired) electrons. The zero-order valence-corrected chi connectivity index (χ0v) is 20.7. The van der Waals surface area contributed by atoms with Crippen molar-refractivity contribution < 1.29 is 37.5 Å². The predicted octanol–water partition coefficient (Wildman–Crippen LogP) is 3.53. The second-order valence-electron chi connectivity index (χ2n) is 8.71. The topological polar surface area (TPSA) is 139 Å². The van der Waals surface area contributed by atoms with E-state index in [0.29, 0.717) is 5.06 Å². The van der Waals surface area contributed by atoms with Crippen molar-refractivity contribution in [3.8, 4) is 11.1 Å². The Bertz CT molecular complexity index is 1430. The van der Waals surface area contributed by atoms with Crippen LogP contribution in [0.25, 0.3) is 11.1 Å². The Kier molecular flexibility index (Phi) is 7.03. The molecule has 5 rings (SSSR count). The monoisotopic (exact) mass is 534 g/mol. The summed E-state index contributed by atoms with van der Waals surface area (Å²) in [5, 5.41) is 2.96. The number of carbonyl (C=O) groups is 4. The van der Waals surface area contributed by atoms with Crippen molar-refractivity contribution in [2.75, 3.05) is 6.61 Å². The number of imide groups is 1. The number of ether oxygens (including phenoxy) is 1. The molecule has 1 aliphatic carbocycles. The summed E-state index contributed by atoms with van der Waals surface area (Å²) < 4.78 is 27.1. The van der Waals surface area contributed by atoms with Gasteiger partial charge in [-0.15, -0.1) is 5.06 Å². The Balaban J connectivity index is 1.22. The van der Waals surface area contributed by atoms with Gasteiger partial charge in [0.2, 0.25) is 0 Å². The van der Waals surface area contributed by atoms with Gasteiger partial charge in [0.1, 0.15) is 6.61 Å². The first-order valence-electron chi connectivity index (χ1n) is 11.7. The molecule has 1 unspecified atom stereocenters. The van der Waals surface area contributed by atoms with Crippen molar-refractivity contribution in [1.82, 2.24) is 10.4 Å². The standard InChI is InChI=1S/C27H22N2O8S/c30-24-11-12-25(31)29(24)37-26(32)16-9-10-17(23(13-16)38(34)35)14-28-27(33)36-15-22-20-7-3-1-5-18(20)19-6-2-4-8-21(19)22/h1-10,13,22H,11-12,14-15H2,(H,28,33)(H,34,35). The van der Waals surface area contributed by atoms with Gasteiger partial charge in [-0.25, -0.2) is 13.8 Å². The second kappa shape index (κ2) is 10.6. The maximum Gasteiger partial charge on any atom is 0.407 e. The van der Waals surface area contributed by atoms with Crippen molar-refractivity contribution in [3.63, 3.8) is 0 Å². The van der Waals surface area contributed by atoms with Crippen LogP contribution in [-0.2, 0) is 36.8 Å². The molecule has 3 amide bonds. The Morgan fingerprint density at radius 2 is 1.55 bits per heavy atom. The number of hydrogen-bond acceptors (Lipinski definition) is 7. The highest BCUT2D eigenvalue weighted by Gasteiger charge is 2.33. The largest absolute Gasteiger partial charge is 0.449 e. The molecule has 3 aromatic rings. The smallest absolute Gasteiger partial charge is 0.407 e. The fourth-order valence-electron chi connectivity index (χ4n) is 4.60. The Morgan fingerprint density at radius 3 is 2.16 bits per heavy atom. The molecule has 1 aliphatic heterocycles. The van der Waals surface area contributed by atoms with Crippen LogP contribution in [0.15, 0.2) is 71.6 Å². The number of nitrogens with zero attached hydrogens (tertiary/aromatic N) is 1. The Morgan fingerprint density at radius 1 is 0.947 bits per heavy atom. The molecule has 1 atom stereocenters. The molecule has 1 fully saturated rings. The van der Waals surface area contributed by atoms with E-state index in [2.05, 4.69) is 5.32 Å². The van der Waals surface area contributed by atoms with Gasteiger partial charge in [0.05, 0.1) is 10.5 Å². The van der Waals surface area contributed by atoms with Crippen LogP contribution >= 0.6 is 0 Å². The maximum atomic E-state index is 12.5. The molecular weight excluding hydrogens is 512 g/mol. The van der Waals surface area contributed by atoms with E-state index < -0.39 is 35.0 Å². The van der Waals surface area contributed by atoms with Gasteiger partial charge >= 0.3 is 12.1 Å². The number of hydroxylamine groups is 2. The quantitative estimate of drug-likeness (QED) is 0.347. The molecule has 0 bridgehead atoms. The fraction of sp³-hybridized carbons (Fsp3) is 0.185. The summed E-state index contributed by atoms with van der Waals surface area (Å²) in [6.45, 7) is -0.0336. The van der Waals surface area contributed by atoms with Crippen LogP contribution < -0.4 is 5.32 Å². The first-order valence-corrected chi connectivity index (χ1v) is 12.8. The summed E-state index contributed by atoms with van der Waals surface area (Å²) in [6, 6.07) is 19.7. The molecule has 11 heteroatoms. The molecule has 0 saturated carbocycles. The molecule has 0 spiro atoms. The lowest BCUT2D eigenvalue weighted by Gasteiger charge is -2.15. The average Bonchev–Trinajstić information content (AvgIpc) is 3.42. The third kappa shape index (κ3) is 4.93. The molecule has 194 valence electrons. The van der Waals surface area contributed by atoms with Crippen molar-refractivity contribution in [2.45, 2.75) is 30.2 Å². The van der Waals surface area contributed by atoms with Gasteiger partial charge < -0.3 is 19.4 Å². The zero-order valence-electron chi connectivity index (χ0n) is 19.9. The van der Waals surface area contributed by atoms with Gasteiger partial charge in [0.15, 0.2) is 11.1 Å². The Labute approximate surface area is 219 Å². The van der Waals surface area contributed by atoms with E-state index in [1.807, 2.05) is 48.5 Å².